The van der Waals surface area contributed by atoms with Crippen molar-refractivity contribution in [3.05, 3.63) is 59.7 Å². The molecular weight excluding hydrogens is 404 g/mol. The van der Waals surface area contributed by atoms with Gasteiger partial charge in [-0.25, -0.2) is 4.98 Å². The first-order chi connectivity index (χ1) is 15.7. The first kappa shape index (κ1) is 20.7. The average Bonchev–Trinajstić information content (AvgIpc) is 3.33. The molecule has 3 aliphatic rings. The van der Waals surface area contributed by atoms with Crippen LogP contribution in [0.5, 0.6) is 0 Å². The maximum atomic E-state index is 12.8. The minimum atomic E-state index is -0.296. The van der Waals surface area contributed by atoms with E-state index >= 15 is 0 Å². The molecule has 2 aromatic rings. The van der Waals surface area contributed by atoms with Gasteiger partial charge in [-0.05, 0) is 30.5 Å². The van der Waals surface area contributed by atoms with Gasteiger partial charge in [0.2, 0.25) is 5.91 Å². The van der Waals surface area contributed by atoms with Crippen LogP contribution in [0, 0.1) is 17.8 Å². The second kappa shape index (κ2) is 8.71. The molecule has 3 heterocycles. The maximum Gasteiger partial charge on any atom is 0.274 e. The van der Waals surface area contributed by atoms with Gasteiger partial charge in [-0.2, -0.15) is 0 Å². The highest BCUT2D eigenvalue weighted by molar-refractivity contribution is 5.96. The molecule has 1 saturated carbocycles. The Balaban J connectivity index is 1.33. The Morgan fingerprint density at radius 2 is 1.94 bits per heavy atom. The lowest BCUT2D eigenvalue weighted by atomic mass is 9.73. The van der Waals surface area contributed by atoms with Crippen molar-refractivity contribution >= 4 is 11.8 Å². The first-order valence-electron chi connectivity index (χ1n) is 11.2. The summed E-state index contributed by atoms with van der Waals surface area (Å²) in [4.78, 5) is 36.9. The zero-order valence-electron chi connectivity index (χ0n) is 17.9. The van der Waals surface area contributed by atoms with E-state index in [2.05, 4.69) is 21.8 Å². The number of amides is 2. The molecule has 1 aliphatic carbocycles. The summed E-state index contributed by atoms with van der Waals surface area (Å²) in [7, 11) is 0. The van der Waals surface area contributed by atoms with E-state index < -0.39 is 0 Å². The quantitative estimate of drug-likeness (QED) is 0.751. The number of hydrogen-bond donors (Lipinski definition) is 1. The lowest BCUT2D eigenvalue weighted by molar-refractivity contribution is -0.159. The Bertz CT molecular complexity index is 1050. The monoisotopic (exact) mass is 430 g/mol. The third-order valence-corrected chi connectivity index (χ3v) is 6.89. The van der Waals surface area contributed by atoms with Crippen LogP contribution in [0.25, 0.3) is 0 Å². The van der Waals surface area contributed by atoms with Gasteiger partial charge in [-0.1, -0.05) is 36.8 Å². The normalized spacial score (nSPS) is 25.0. The Morgan fingerprint density at radius 1 is 1.16 bits per heavy atom. The summed E-state index contributed by atoms with van der Waals surface area (Å²) < 4.78 is 0. The highest BCUT2D eigenvalue weighted by Gasteiger charge is 2.54. The molecule has 0 spiro atoms. The van der Waals surface area contributed by atoms with E-state index in [-0.39, 0.29) is 48.7 Å². The summed E-state index contributed by atoms with van der Waals surface area (Å²) in [5.41, 5.74) is 2.27. The van der Waals surface area contributed by atoms with E-state index in [1.54, 1.807) is 4.90 Å². The van der Waals surface area contributed by atoms with Crippen molar-refractivity contribution in [2.75, 3.05) is 19.7 Å². The number of rotatable bonds is 3. The van der Waals surface area contributed by atoms with Crippen LogP contribution >= 0.6 is 0 Å². The molecule has 0 radical (unpaired) electrons. The second-order valence-corrected chi connectivity index (χ2v) is 8.79. The Hall–Kier alpha value is -3.24. The van der Waals surface area contributed by atoms with Crippen molar-refractivity contribution in [3.8, 4) is 11.8 Å². The fourth-order valence-corrected chi connectivity index (χ4v) is 5.27. The number of aromatic nitrogens is 2. The van der Waals surface area contributed by atoms with Crippen LogP contribution in [0.2, 0.25) is 0 Å². The lowest BCUT2D eigenvalue weighted by Crippen LogP contribution is -2.73. The fourth-order valence-electron chi connectivity index (χ4n) is 5.27. The Kier molecular flexibility index (Phi) is 5.62. The third-order valence-electron chi connectivity index (χ3n) is 6.89. The molecule has 0 bridgehead atoms. The van der Waals surface area contributed by atoms with Crippen molar-refractivity contribution in [3.63, 3.8) is 0 Å². The molecule has 7 heteroatoms. The van der Waals surface area contributed by atoms with E-state index in [4.69, 9.17) is 0 Å². The molecule has 1 N–H and O–H groups in total. The number of aliphatic hydroxyl groups is 1. The number of benzene rings is 1. The molecule has 2 saturated heterocycles. The molecule has 1 aromatic heterocycles. The molecule has 5 rings (SSSR count). The minimum absolute atomic E-state index is 0.00911. The smallest absolute Gasteiger partial charge is 0.274 e. The van der Waals surface area contributed by atoms with E-state index in [1.807, 2.05) is 24.3 Å². The lowest BCUT2D eigenvalue weighted by Gasteiger charge is -2.58. The molecular formula is C25H26N4O3. The van der Waals surface area contributed by atoms with Crippen LogP contribution in [-0.4, -0.2) is 68.5 Å². The standard InChI is InChI=1S/C25H26N4O3/c30-16-22-24(19-9-7-18(8-10-19)6-5-17-3-1-2-4-17)21-14-28(15-23(31)29(21)22)25(32)20-13-26-11-12-27-20/h7-13,17,21-22,24,30H,1-4,14-16H2/t21-,22-,24+/m1/s1. The number of carbonyl (C=O) groups is 2. The van der Waals surface area contributed by atoms with Crippen LogP contribution in [-0.2, 0) is 4.79 Å². The predicted molar refractivity (Wildman–Crippen MR) is 117 cm³/mol. The summed E-state index contributed by atoms with van der Waals surface area (Å²) in [6.45, 7) is 0.296. The van der Waals surface area contributed by atoms with Crippen LogP contribution in [0.3, 0.4) is 0 Å². The summed E-state index contributed by atoms with van der Waals surface area (Å²) in [5.74, 6) is 6.71. The van der Waals surface area contributed by atoms with Crippen molar-refractivity contribution in [2.45, 2.75) is 43.7 Å². The number of aliphatic hydroxyl groups excluding tert-OH is 1. The van der Waals surface area contributed by atoms with Gasteiger partial charge in [0.15, 0.2) is 0 Å². The van der Waals surface area contributed by atoms with Gasteiger partial charge in [-0.3, -0.25) is 14.6 Å². The van der Waals surface area contributed by atoms with Crippen LogP contribution in [0.4, 0.5) is 0 Å². The van der Waals surface area contributed by atoms with Gasteiger partial charge in [0.1, 0.15) is 12.2 Å². The zero-order chi connectivity index (χ0) is 22.1. The van der Waals surface area contributed by atoms with Gasteiger partial charge in [0.25, 0.3) is 5.91 Å². The number of carbonyl (C=O) groups excluding carboxylic acids is 2. The van der Waals surface area contributed by atoms with Crippen molar-refractivity contribution in [2.24, 2.45) is 5.92 Å². The summed E-state index contributed by atoms with van der Waals surface area (Å²) in [6.07, 6.45) is 9.33. The maximum absolute atomic E-state index is 12.8. The Labute approximate surface area is 187 Å². The molecule has 2 aliphatic heterocycles. The second-order valence-electron chi connectivity index (χ2n) is 8.79. The molecule has 2 amide bonds. The molecule has 32 heavy (non-hydrogen) atoms. The molecule has 1 aromatic carbocycles. The molecule has 3 atom stereocenters. The van der Waals surface area contributed by atoms with Crippen molar-refractivity contribution in [1.29, 1.82) is 0 Å². The van der Waals surface area contributed by atoms with Gasteiger partial charge in [-0.15, -0.1) is 0 Å². The number of hydrogen-bond acceptors (Lipinski definition) is 5. The van der Waals surface area contributed by atoms with Gasteiger partial charge >= 0.3 is 0 Å². The predicted octanol–water partition coefficient (Wildman–Crippen LogP) is 1.83. The summed E-state index contributed by atoms with van der Waals surface area (Å²) >= 11 is 0. The SMILES string of the molecule is O=C(c1cnccn1)N1CC(=O)N2[C@H](CO)[C@@H](c3ccc(C#CC4CCCC4)cc3)[C@H]2C1. The largest absolute Gasteiger partial charge is 0.394 e. The summed E-state index contributed by atoms with van der Waals surface area (Å²) in [5, 5.41) is 9.97. The van der Waals surface area contributed by atoms with E-state index in [9.17, 15) is 14.7 Å². The topological polar surface area (TPSA) is 86.6 Å². The number of piperazine rings is 1. The fraction of sp³-hybridized carbons (Fsp3) is 0.440. The molecule has 164 valence electrons. The number of fused-ring (bicyclic) bond motifs is 1. The van der Waals surface area contributed by atoms with Crippen LogP contribution in [0.15, 0.2) is 42.9 Å². The van der Waals surface area contributed by atoms with E-state index in [0.717, 1.165) is 11.1 Å². The van der Waals surface area contributed by atoms with Gasteiger partial charge < -0.3 is 14.9 Å². The van der Waals surface area contributed by atoms with Crippen LogP contribution in [0.1, 0.15) is 53.2 Å². The molecule has 0 unspecified atom stereocenters. The highest BCUT2D eigenvalue weighted by atomic mass is 16.3. The van der Waals surface area contributed by atoms with Crippen LogP contribution < -0.4 is 0 Å². The van der Waals surface area contributed by atoms with Gasteiger partial charge in [0.05, 0.1) is 24.9 Å². The summed E-state index contributed by atoms with van der Waals surface area (Å²) in [6, 6.07) is 7.68. The molecule has 3 fully saturated rings. The highest BCUT2D eigenvalue weighted by Crippen LogP contribution is 2.43. The number of nitrogens with zero attached hydrogens (tertiary/aromatic N) is 4. The van der Waals surface area contributed by atoms with E-state index in [1.165, 1.54) is 49.2 Å². The minimum Gasteiger partial charge on any atom is -0.394 e. The third kappa shape index (κ3) is 3.76. The molecule has 7 nitrogen and oxygen atoms in total. The van der Waals surface area contributed by atoms with Crippen molar-refractivity contribution < 1.29 is 14.7 Å². The van der Waals surface area contributed by atoms with Crippen molar-refractivity contribution in [1.82, 2.24) is 19.8 Å². The zero-order valence-corrected chi connectivity index (χ0v) is 17.9. The Morgan fingerprint density at radius 3 is 2.62 bits per heavy atom. The first-order valence-corrected chi connectivity index (χ1v) is 11.2. The van der Waals surface area contributed by atoms with Gasteiger partial charge in [0, 0.05) is 36.3 Å². The average molecular weight is 431 g/mol. The van der Waals surface area contributed by atoms with E-state index in [0.29, 0.717) is 12.5 Å².